The van der Waals surface area contributed by atoms with Gasteiger partial charge in [0.25, 0.3) is 11.5 Å². The van der Waals surface area contributed by atoms with Crippen molar-refractivity contribution in [1.82, 2.24) is 14.9 Å². The van der Waals surface area contributed by atoms with Gasteiger partial charge in [0.05, 0.1) is 16.5 Å². The molecular formula is C19H23N3O4. The number of carbonyl (C=O) groups excluding carboxylic acids is 2. The molecule has 1 aromatic carbocycles. The number of aromatic nitrogens is 2. The molecule has 26 heavy (non-hydrogen) atoms. The van der Waals surface area contributed by atoms with Crippen LogP contribution in [0, 0.1) is 0 Å². The topological polar surface area (TPSA) is 90.3 Å². The first kappa shape index (κ1) is 18.1. The van der Waals surface area contributed by atoms with Crippen LogP contribution in [0.15, 0.2) is 23.0 Å². The number of nitrogens with one attached hydrogen (secondary N) is 1. The van der Waals surface area contributed by atoms with E-state index in [1.807, 2.05) is 20.8 Å². The molecule has 0 unspecified atom stereocenters. The summed E-state index contributed by atoms with van der Waals surface area (Å²) in [5.41, 5.74) is 0.250. The standard InChI is InChI=1S/C19H23N3O4/c1-11(16(23)21-19(2,3)4)26-18(25)12-7-8-13-14(10-12)20-15-6-5-9-22(15)17(13)24/h7-8,10-11H,5-6,9H2,1-4H3,(H,21,23)/t11-/m0/s1. The molecular weight excluding hydrogens is 334 g/mol. The van der Waals surface area contributed by atoms with Gasteiger partial charge in [-0.3, -0.25) is 14.2 Å². The van der Waals surface area contributed by atoms with Crippen molar-refractivity contribution in [3.05, 3.63) is 39.9 Å². The Balaban J connectivity index is 1.82. The highest BCUT2D eigenvalue weighted by Gasteiger charge is 2.23. The number of hydrogen-bond donors (Lipinski definition) is 1. The quantitative estimate of drug-likeness (QED) is 0.846. The normalized spacial score (nSPS) is 14.8. The fourth-order valence-electron chi connectivity index (χ4n) is 2.96. The average Bonchev–Trinajstić information content (AvgIpc) is 3.01. The summed E-state index contributed by atoms with van der Waals surface area (Å²) >= 11 is 0. The van der Waals surface area contributed by atoms with Crippen molar-refractivity contribution in [3.63, 3.8) is 0 Å². The Kier molecular flexibility index (Phi) is 4.56. The molecule has 1 amide bonds. The zero-order chi connectivity index (χ0) is 19.1. The Morgan fingerprint density at radius 1 is 1.31 bits per heavy atom. The number of aryl methyl sites for hydroxylation is 1. The van der Waals surface area contributed by atoms with Gasteiger partial charge in [-0.2, -0.15) is 0 Å². The summed E-state index contributed by atoms with van der Waals surface area (Å²) in [5.74, 6) is -0.238. The summed E-state index contributed by atoms with van der Waals surface area (Å²) in [6.07, 6.45) is 0.730. The number of amides is 1. The first-order chi connectivity index (χ1) is 12.2. The lowest BCUT2D eigenvalue weighted by molar-refractivity contribution is -0.130. The fraction of sp³-hybridized carbons (Fsp3) is 0.474. The van der Waals surface area contributed by atoms with Crippen LogP contribution in [0.4, 0.5) is 0 Å². The summed E-state index contributed by atoms with van der Waals surface area (Å²) in [7, 11) is 0. The maximum atomic E-state index is 12.5. The van der Waals surface area contributed by atoms with Crippen LogP contribution in [-0.4, -0.2) is 33.1 Å². The van der Waals surface area contributed by atoms with E-state index in [0.717, 1.165) is 18.7 Å². The first-order valence-electron chi connectivity index (χ1n) is 8.72. The predicted molar refractivity (Wildman–Crippen MR) is 97.1 cm³/mol. The molecule has 0 radical (unpaired) electrons. The summed E-state index contributed by atoms with van der Waals surface area (Å²) < 4.78 is 6.93. The van der Waals surface area contributed by atoms with E-state index in [0.29, 0.717) is 17.4 Å². The smallest absolute Gasteiger partial charge is 0.338 e. The van der Waals surface area contributed by atoms with Crippen molar-refractivity contribution >= 4 is 22.8 Å². The Bertz CT molecular complexity index is 940. The van der Waals surface area contributed by atoms with Crippen LogP contribution in [0.3, 0.4) is 0 Å². The molecule has 7 heteroatoms. The Morgan fingerprint density at radius 2 is 2.04 bits per heavy atom. The largest absolute Gasteiger partial charge is 0.449 e. The van der Waals surface area contributed by atoms with Crippen LogP contribution in [0.5, 0.6) is 0 Å². The van der Waals surface area contributed by atoms with E-state index in [1.165, 1.54) is 13.0 Å². The first-order valence-corrected chi connectivity index (χ1v) is 8.72. The number of carbonyl (C=O) groups is 2. The SMILES string of the molecule is C[C@H](OC(=O)c1ccc2c(=O)n3c(nc2c1)CCC3)C(=O)NC(C)(C)C. The fourth-order valence-corrected chi connectivity index (χ4v) is 2.96. The number of ether oxygens (including phenoxy) is 1. The van der Waals surface area contributed by atoms with E-state index in [9.17, 15) is 14.4 Å². The van der Waals surface area contributed by atoms with Gasteiger partial charge >= 0.3 is 5.97 Å². The van der Waals surface area contributed by atoms with E-state index in [4.69, 9.17) is 4.74 Å². The van der Waals surface area contributed by atoms with Gasteiger partial charge in [-0.25, -0.2) is 9.78 Å². The zero-order valence-electron chi connectivity index (χ0n) is 15.5. The summed E-state index contributed by atoms with van der Waals surface area (Å²) in [4.78, 5) is 41.4. The van der Waals surface area contributed by atoms with E-state index in [-0.39, 0.29) is 17.0 Å². The molecule has 1 aromatic heterocycles. The van der Waals surface area contributed by atoms with E-state index in [2.05, 4.69) is 10.3 Å². The molecule has 1 N–H and O–H groups in total. The van der Waals surface area contributed by atoms with Crippen molar-refractivity contribution in [2.75, 3.05) is 0 Å². The Labute approximate surface area is 151 Å². The molecule has 1 aliphatic rings. The lowest BCUT2D eigenvalue weighted by atomic mass is 10.1. The average molecular weight is 357 g/mol. The molecule has 0 bridgehead atoms. The van der Waals surface area contributed by atoms with Gasteiger partial charge in [-0.1, -0.05) is 0 Å². The van der Waals surface area contributed by atoms with Gasteiger partial charge < -0.3 is 10.1 Å². The summed E-state index contributed by atoms with van der Waals surface area (Å²) in [6, 6.07) is 4.67. The van der Waals surface area contributed by atoms with Gasteiger partial charge in [0, 0.05) is 18.5 Å². The molecule has 0 spiro atoms. The van der Waals surface area contributed by atoms with Gasteiger partial charge in [-0.15, -0.1) is 0 Å². The third kappa shape index (κ3) is 3.61. The highest BCUT2D eigenvalue weighted by atomic mass is 16.5. The van der Waals surface area contributed by atoms with Crippen LogP contribution < -0.4 is 10.9 Å². The molecule has 0 saturated carbocycles. The van der Waals surface area contributed by atoms with Crippen molar-refractivity contribution in [2.24, 2.45) is 0 Å². The number of fused-ring (bicyclic) bond motifs is 2. The number of hydrogen-bond acceptors (Lipinski definition) is 5. The second kappa shape index (κ2) is 6.55. The number of nitrogens with zero attached hydrogens (tertiary/aromatic N) is 2. The van der Waals surface area contributed by atoms with Crippen LogP contribution in [0.1, 0.15) is 50.3 Å². The third-order valence-electron chi connectivity index (χ3n) is 4.20. The van der Waals surface area contributed by atoms with Crippen molar-refractivity contribution in [3.8, 4) is 0 Å². The van der Waals surface area contributed by atoms with E-state index in [1.54, 1.807) is 16.7 Å². The number of rotatable bonds is 3. The van der Waals surface area contributed by atoms with Crippen LogP contribution in [0.25, 0.3) is 10.9 Å². The molecule has 1 aliphatic heterocycles. The predicted octanol–water partition coefficient (Wildman–Crippen LogP) is 1.80. The molecule has 7 nitrogen and oxygen atoms in total. The minimum absolute atomic E-state index is 0.0830. The molecule has 138 valence electrons. The van der Waals surface area contributed by atoms with Gasteiger partial charge in [-0.05, 0) is 52.3 Å². The minimum Gasteiger partial charge on any atom is -0.449 e. The molecule has 1 atom stereocenters. The molecule has 2 heterocycles. The van der Waals surface area contributed by atoms with Gasteiger partial charge in [0.2, 0.25) is 0 Å². The van der Waals surface area contributed by atoms with Crippen molar-refractivity contribution in [1.29, 1.82) is 0 Å². The lowest BCUT2D eigenvalue weighted by Crippen LogP contribution is -2.46. The molecule has 0 fully saturated rings. The molecule has 2 aromatic rings. The highest BCUT2D eigenvalue weighted by molar-refractivity contribution is 5.95. The molecule has 0 aliphatic carbocycles. The third-order valence-corrected chi connectivity index (χ3v) is 4.20. The van der Waals surface area contributed by atoms with Crippen LogP contribution in [0.2, 0.25) is 0 Å². The van der Waals surface area contributed by atoms with Crippen molar-refractivity contribution in [2.45, 2.75) is 58.7 Å². The van der Waals surface area contributed by atoms with Crippen LogP contribution in [-0.2, 0) is 22.5 Å². The maximum absolute atomic E-state index is 12.5. The minimum atomic E-state index is -0.920. The molecule has 0 saturated heterocycles. The monoisotopic (exact) mass is 357 g/mol. The maximum Gasteiger partial charge on any atom is 0.338 e. The van der Waals surface area contributed by atoms with E-state index < -0.39 is 17.6 Å². The lowest BCUT2D eigenvalue weighted by Gasteiger charge is -2.23. The molecule has 3 rings (SSSR count). The second-order valence-corrected chi connectivity index (χ2v) is 7.61. The Hall–Kier alpha value is -2.70. The van der Waals surface area contributed by atoms with Gasteiger partial charge in [0.15, 0.2) is 6.10 Å². The van der Waals surface area contributed by atoms with Crippen molar-refractivity contribution < 1.29 is 14.3 Å². The summed E-state index contributed by atoms with van der Waals surface area (Å²) in [5, 5.41) is 3.25. The number of esters is 1. The van der Waals surface area contributed by atoms with E-state index >= 15 is 0 Å². The second-order valence-electron chi connectivity index (χ2n) is 7.61. The highest BCUT2D eigenvalue weighted by Crippen LogP contribution is 2.17. The van der Waals surface area contributed by atoms with Gasteiger partial charge in [0.1, 0.15) is 5.82 Å². The zero-order valence-corrected chi connectivity index (χ0v) is 15.5. The van der Waals surface area contributed by atoms with Crippen LogP contribution >= 0.6 is 0 Å². The number of benzene rings is 1. The Morgan fingerprint density at radius 3 is 2.73 bits per heavy atom. The summed E-state index contributed by atoms with van der Waals surface area (Å²) in [6.45, 7) is 7.76.